The Morgan fingerprint density at radius 2 is 1.57 bits per heavy atom. The predicted octanol–water partition coefficient (Wildman–Crippen LogP) is 5.64. The minimum Gasteiger partial charge on any atom is -0.340 e. The van der Waals surface area contributed by atoms with Crippen molar-refractivity contribution in [2.45, 2.75) is 40.7 Å². The van der Waals surface area contributed by atoms with Gasteiger partial charge in [0.25, 0.3) is 0 Å². The maximum absolute atomic E-state index is 2.47. The van der Waals surface area contributed by atoms with Crippen molar-refractivity contribution in [2.24, 2.45) is 0 Å². The van der Waals surface area contributed by atoms with Crippen LogP contribution in [0, 0.1) is 20.8 Å². The Balaban J connectivity index is 2.32. The van der Waals surface area contributed by atoms with Crippen LogP contribution in [0.25, 0.3) is 22.2 Å². The van der Waals surface area contributed by atoms with E-state index in [1.54, 1.807) is 0 Å². The molecule has 0 fully saturated rings. The second-order valence-electron chi connectivity index (χ2n) is 6.01. The van der Waals surface area contributed by atoms with Gasteiger partial charge in [-0.1, -0.05) is 42.8 Å². The second kappa shape index (κ2) is 5.40. The molecule has 0 amide bonds. The van der Waals surface area contributed by atoms with Crippen molar-refractivity contribution in [2.75, 3.05) is 0 Å². The second-order valence-corrected chi connectivity index (χ2v) is 6.01. The van der Waals surface area contributed by atoms with E-state index in [9.17, 15) is 0 Å². The maximum atomic E-state index is 2.47. The molecular weight excluding hydrogens is 254 g/mol. The summed E-state index contributed by atoms with van der Waals surface area (Å²) in [6.45, 7) is 9.93. The summed E-state index contributed by atoms with van der Waals surface area (Å²) in [5.41, 5.74) is 8.17. The van der Waals surface area contributed by atoms with Gasteiger partial charge in [-0.15, -0.1) is 0 Å². The monoisotopic (exact) mass is 277 g/mol. The van der Waals surface area contributed by atoms with E-state index in [0.717, 1.165) is 13.0 Å². The van der Waals surface area contributed by atoms with Gasteiger partial charge in [0.1, 0.15) is 0 Å². The Labute approximate surface area is 127 Å². The first-order valence-corrected chi connectivity index (χ1v) is 7.78. The summed E-state index contributed by atoms with van der Waals surface area (Å²) in [4.78, 5) is 0. The molecule has 2 aromatic carbocycles. The average molecular weight is 277 g/mol. The van der Waals surface area contributed by atoms with Gasteiger partial charge < -0.3 is 4.57 Å². The van der Waals surface area contributed by atoms with Gasteiger partial charge in [0.15, 0.2) is 0 Å². The van der Waals surface area contributed by atoms with E-state index >= 15 is 0 Å². The van der Waals surface area contributed by atoms with Gasteiger partial charge in [-0.3, -0.25) is 0 Å². The number of benzene rings is 2. The zero-order chi connectivity index (χ0) is 15.0. The Kier molecular flexibility index (Phi) is 3.59. The molecule has 1 nitrogen and oxygen atoms in total. The number of aryl methyl sites for hydroxylation is 4. The van der Waals surface area contributed by atoms with Crippen molar-refractivity contribution in [3.8, 4) is 11.3 Å². The lowest BCUT2D eigenvalue weighted by atomic mass is 9.97. The highest BCUT2D eigenvalue weighted by Crippen LogP contribution is 2.33. The van der Waals surface area contributed by atoms with Crippen molar-refractivity contribution in [3.05, 3.63) is 59.2 Å². The van der Waals surface area contributed by atoms with Crippen LogP contribution in [0.2, 0.25) is 0 Å². The summed E-state index contributed by atoms with van der Waals surface area (Å²) in [7, 11) is 0. The molecule has 0 saturated carbocycles. The molecule has 108 valence electrons. The molecular formula is C20H23N. The summed E-state index contributed by atoms with van der Waals surface area (Å²) in [6.07, 6.45) is 1.15. The van der Waals surface area contributed by atoms with Crippen LogP contribution in [0.1, 0.15) is 30.0 Å². The molecule has 1 heterocycles. The third-order valence-corrected chi connectivity index (χ3v) is 4.19. The number of fused-ring (bicyclic) bond motifs is 1. The number of nitrogens with zero attached hydrogens (tertiary/aromatic N) is 1. The van der Waals surface area contributed by atoms with E-state index in [1.165, 1.54) is 38.9 Å². The highest BCUT2D eigenvalue weighted by Gasteiger charge is 2.14. The Morgan fingerprint density at radius 3 is 2.24 bits per heavy atom. The molecule has 0 aliphatic carbocycles. The molecule has 0 bridgehead atoms. The van der Waals surface area contributed by atoms with Gasteiger partial charge in [-0.25, -0.2) is 0 Å². The summed E-state index contributed by atoms with van der Waals surface area (Å²) < 4.78 is 2.47. The molecule has 1 heteroatoms. The van der Waals surface area contributed by atoms with E-state index in [1.807, 2.05) is 0 Å². The van der Waals surface area contributed by atoms with Crippen LogP contribution in [0.4, 0.5) is 0 Å². The Morgan fingerprint density at radius 1 is 0.905 bits per heavy atom. The fraction of sp³-hybridized carbons (Fsp3) is 0.300. The largest absolute Gasteiger partial charge is 0.340 e. The van der Waals surface area contributed by atoms with E-state index in [2.05, 4.69) is 74.7 Å². The molecule has 0 aliphatic rings. The van der Waals surface area contributed by atoms with Crippen LogP contribution in [0.15, 0.2) is 42.5 Å². The highest BCUT2D eigenvalue weighted by molar-refractivity contribution is 5.88. The van der Waals surface area contributed by atoms with Crippen molar-refractivity contribution >= 4 is 10.9 Å². The lowest BCUT2D eigenvalue weighted by Crippen LogP contribution is -2.01. The first-order valence-electron chi connectivity index (χ1n) is 7.78. The fourth-order valence-corrected chi connectivity index (χ4v) is 3.47. The Hall–Kier alpha value is -2.02. The normalized spacial score (nSPS) is 11.2. The predicted molar refractivity (Wildman–Crippen MR) is 91.9 cm³/mol. The first kappa shape index (κ1) is 13.9. The Bertz CT molecular complexity index is 770. The first-order chi connectivity index (χ1) is 10.1. The topological polar surface area (TPSA) is 4.93 Å². The molecule has 0 N–H and O–H groups in total. The zero-order valence-electron chi connectivity index (χ0n) is 13.4. The van der Waals surface area contributed by atoms with Crippen molar-refractivity contribution in [1.29, 1.82) is 0 Å². The summed E-state index contributed by atoms with van der Waals surface area (Å²) >= 11 is 0. The smallest absolute Gasteiger partial charge is 0.0496 e. The minimum absolute atomic E-state index is 1.07. The number of rotatable bonds is 3. The zero-order valence-corrected chi connectivity index (χ0v) is 13.4. The molecule has 0 saturated heterocycles. The van der Waals surface area contributed by atoms with Crippen molar-refractivity contribution < 1.29 is 0 Å². The van der Waals surface area contributed by atoms with E-state index in [-0.39, 0.29) is 0 Å². The molecule has 0 aliphatic heterocycles. The average Bonchev–Trinajstić information content (AvgIpc) is 2.77. The standard InChI is InChI=1S/C20H23N/c1-5-10-21-18-9-7-6-8-17(18)13-19(21)20-15(3)11-14(2)12-16(20)4/h6-9,11-13H,5,10H2,1-4H3. The number of para-hydroxylation sites is 1. The molecule has 3 aromatic rings. The molecule has 0 unspecified atom stereocenters. The summed E-state index contributed by atoms with van der Waals surface area (Å²) in [5.74, 6) is 0. The maximum Gasteiger partial charge on any atom is 0.0496 e. The van der Waals surface area contributed by atoms with Crippen molar-refractivity contribution in [1.82, 2.24) is 4.57 Å². The molecule has 1 aromatic heterocycles. The van der Waals surface area contributed by atoms with Crippen molar-refractivity contribution in [3.63, 3.8) is 0 Å². The van der Waals surface area contributed by atoms with Crippen LogP contribution < -0.4 is 0 Å². The molecule has 0 radical (unpaired) electrons. The van der Waals surface area contributed by atoms with Crippen LogP contribution in [-0.2, 0) is 6.54 Å². The third kappa shape index (κ3) is 2.37. The summed E-state index contributed by atoms with van der Waals surface area (Å²) in [5, 5.41) is 1.33. The minimum atomic E-state index is 1.07. The van der Waals surface area contributed by atoms with Gasteiger partial charge in [0, 0.05) is 28.7 Å². The van der Waals surface area contributed by atoms with Gasteiger partial charge in [0.2, 0.25) is 0 Å². The van der Waals surface area contributed by atoms with Crippen LogP contribution in [0.5, 0.6) is 0 Å². The van der Waals surface area contributed by atoms with E-state index < -0.39 is 0 Å². The lowest BCUT2D eigenvalue weighted by molar-refractivity contribution is 0.709. The third-order valence-electron chi connectivity index (χ3n) is 4.19. The van der Waals surface area contributed by atoms with E-state index in [4.69, 9.17) is 0 Å². The van der Waals surface area contributed by atoms with Gasteiger partial charge in [0.05, 0.1) is 0 Å². The molecule has 0 atom stereocenters. The van der Waals surface area contributed by atoms with Gasteiger partial charge in [-0.05, 0) is 50.5 Å². The SMILES string of the molecule is CCCn1c(-c2c(C)cc(C)cc2C)cc2ccccc21. The molecule has 21 heavy (non-hydrogen) atoms. The lowest BCUT2D eigenvalue weighted by Gasteiger charge is -2.15. The molecule has 0 spiro atoms. The van der Waals surface area contributed by atoms with Gasteiger partial charge >= 0.3 is 0 Å². The van der Waals surface area contributed by atoms with E-state index in [0.29, 0.717) is 0 Å². The number of aromatic nitrogens is 1. The number of hydrogen-bond donors (Lipinski definition) is 0. The highest BCUT2D eigenvalue weighted by atomic mass is 15.0. The number of hydrogen-bond acceptors (Lipinski definition) is 0. The fourth-order valence-electron chi connectivity index (χ4n) is 3.47. The molecule has 3 rings (SSSR count). The van der Waals surface area contributed by atoms with Crippen LogP contribution in [0.3, 0.4) is 0 Å². The van der Waals surface area contributed by atoms with Crippen LogP contribution in [-0.4, -0.2) is 4.57 Å². The van der Waals surface area contributed by atoms with Gasteiger partial charge in [-0.2, -0.15) is 0 Å². The quantitative estimate of drug-likeness (QED) is 0.583. The summed E-state index contributed by atoms with van der Waals surface area (Å²) in [6, 6.07) is 15.6. The van der Waals surface area contributed by atoms with Crippen LogP contribution >= 0.6 is 0 Å².